The van der Waals surface area contributed by atoms with E-state index in [0.717, 1.165) is 32.2 Å². The average molecular weight is 445 g/mol. The third kappa shape index (κ3) is 3.67. The minimum Gasteiger partial charge on any atom is -0.317 e. The molecular weight excluding hydrogens is 412 g/mol. The zero-order valence-corrected chi connectivity index (χ0v) is 19.6. The van der Waals surface area contributed by atoms with Crippen molar-refractivity contribution in [2.45, 2.75) is 56.0 Å². The van der Waals surface area contributed by atoms with Crippen LogP contribution in [0.1, 0.15) is 56.3 Å². The summed E-state index contributed by atoms with van der Waals surface area (Å²) in [4.78, 5) is 28.3. The van der Waals surface area contributed by atoms with Gasteiger partial charge in [-0.3, -0.25) is 9.80 Å². The van der Waals surface area contributed by atoms with Crippen molar-refractivity contribution in [2.24, 2.45) is 5.92 Å². The number of aromatic nitrogens is 2. The molecule has 2 aliphatic carbocycles. The highest BCUT2D eigenvalue weighted by Crippen LogP contribution is 2.50. The first-order valence-corrected chi connectivity index (χ1v) is 12.0. The van der Waals surface area contributed by atoms with Gasteiger partial charge in [0.15, 0.2) is 0 Å². The third-order valence-electron chi connectivity index (χ3n) is 8.38. The van der Waals surface area contributed by atoms with Crippen molar-refractivity contribution in [2.75, 3.05) is 32.1 Å². The molecule has 0 N–H and O–H groups in total. The molecule has 0 atom stereocenters. The maximum absolute atomic E-state index is 13.7. The summed E-state index contributed by atoms with van der Waals surface area (Å²) >= 11 is 0. The second kappa shape index (κ2) is 8.42. The SMILES string of the molecule is CN(C)[C@]1(c2ccccc2)CC[C@@]2(CC1)CN(c1cnc(C#N)nc1)C(=O)N2CC1CCC1. The van der Waals surface area contributed by atoms with E-state index in [4.69, 9.17) is 5.26 Å². The summed E-state index contributed by atoms with van der Waals surface area (Å²) in [5.74, 6) is 0.736. The number of carbonyl (C=O) groups is 1. The van der Waals surface area contributed by atoms with E-state index in [0.29, 0.717) is 18.2 Å². The number of nitrogens with zero attached hydrogens (tertiary/aromatic N) is 6. The molecular formula is C26H32N6O. The molecule has 1 aliphatic heterocycles. The van der Waals surface area contributed by atoms with Crippen molar-refractivity contribution in [3.8, 4) is 6.07 Å². The fourth-order valence-electron chi connectivity index (χ4n) is 6.02. The van der Waals surface area contributed by atoms with Gasteiger partial charge in [-0.15, -0.1) is 0 Å². The van der Waals surface area contributed by atoms with Crippen molar-refractivity contribution < 1.29 is 4.79 Å². The summed E-state index contributed by atoms with van der Waals surface area (Å²) in [6, 6.07) is 12.8. The number of urea groups is 1. The van der Waals surface area contributed by atoms with Gasteiger partial charge in [0.2, 0.25) is 5.82 Å². The Bertz CT molecular complexity index is 1030. The molecule has 0 bridgehead atoms. The van der Waals surface area contributed by atoms with Crippen molar-refractivity contribution in [3.63, 3.8) is 0 Å². The molecule has 2 aromatic rings. The molecule has 2 saturated carbocycles. The van der Waals surface area contributed by atoms with Crippen LogP contribution in [-0.4, -0.2) is 58.5 Å². The lowest BCUT2D eigenvalue weighted by molar-refractivity contribution is 0.0172. The first-order chi connectivity index (χ1) is 16.0. The van der Waals surface area contributed by atoms with E-state index in [-0.39, 0.29) is 22.9 Å². The Morgan fingerprint density at radius 2 is 1.76 bits per heavy atom. The Morgan fingerprint density at radius 3 is 2.30 bits per heavy atom. The second-order valence-corrected chi connectivity index (χ2v) is 10.2. The largest absolute Gasteiger partial charge is 0.325 e. The standard InChI is InChI=1S/C26H32N6O/c1-30(2)26(21-9-4-3-5-10-21)13-11-25(12-14-26)19-31(22-16-28-23(15-27)29-17-22)24(33)32(25)18-20-7-6-8-20/h3-5,9-10,16-17,20H,6-8,11-14,18-19H2,1-2H3/t25-,26-. The van der Waals surface area contributed by atoms with Crippen LogP contribution >= 0.6 is 0 Å². The van der Waals surface area contributed by atoms with Gasteiger partial charge in [0.1, 0.15) is 6.07 Å². The smallest absolute Gasteiger partial charge is 0.317 e. The molecule has 5 rings (SSSR count). The molecule has 2 heterocycles. The Labute approximate surface area is 196 Å². The minimum atomic E-state index is -0.172. The Morgan fingerprint density at radius 1 is 1.09 bits per heavy atom. The Hall–Kier alpha value is -2.98. The Kier molecular flexibility index (Phi) is 5.57. The molecule has 172 valence electrons. The van der Waals surface area contributed by atoms with Crippen LogP contribution in [0.5, 0.6) is 0 Å². The van der Waals surface area contributed by atoms with Crippen LogP contribution < -0.4 is 4.90 Å². The second-order valence-electron chi connectivity index (χ2n) is 10.2. The molecule has 3 aliphatic rings. The molecule has 1 aromatic heterocycles. The van der Waals surface area contributed by atoms with Crippen molar-refractivity contribution in [1.82, 2.24) is 19.8 Å². The highest BCUT2D eigenvalue weighted by Gasteiger charge is 2.55. The van der Waals surface area contributed by atoms with Crippen LogP contribution in [0.25, 0.3) is 0 Å². The number of rotatable bonds is 5. The number of hydrogen-bond acceptors (Lipinski definition) is 5. The summed E-state index contributed by atoms with van der Waals surface area (Å²) in [6.45, 7) is 1.50. The quantitative estimate of drug-likeness (QED) is 0.692. The van der Waals surface area contributed by atoms with E-state index >= 15 is 0 Å². The predicted octanol–water partition coefficient (Wildman–Crippen LogP) is 4.16. The van der Waals surface area contributed by atoms with E-state index in [9.17, 15) is 4.79 Å². The summed E-state index contributed by atoms with van der Waals surface area (Å²) in [7, 11) is 4.36. The van der Waals surface area contributed by atoms with Gasteiger partial charge in [-0.2, -0.15) is 5.26 Å². The van der Waals surface area contributed by atoms with Gasteiger partial charge < -0.3 is 4.90 Å². The van der Waals surface area contributed by atoms with Gasteiger partial charge in [0.25, 0.3) is 0 Å². The van der Waals surface area contributed by atoms with Crippen LogP contribution in [0.4, 0.5) is 10.5 Å². The zero-order chi connectivity index (χ0) is 23.1. The van der Waals surface area contributed by atoms with Crippen LogP contribution in [0.15, 0.2) is 42.7 Å². The number of carbonyl (C=O) groups excluding carboxylic acids is 1. The molecule has 1 spiro atoms. The molecule has 7 heteroatoms. The van der Waals surface area contributed by atoms with Gasteiger partial charge in [-0.1, -0.05) is 36.8 Å². The maximum Gasteiger partial charge on any atom is 0.325 e. The van der Waals surface area contributed by atoms with E-state index in [1.54, 1.807) is 12.4 Å². The van der Waals surface area contributed by atoms with Gasteiger partial charge in [-0.05, 0) is 64.1 Å². The molecule has 2 amide bonds. The first kappa shape index (κ1) is 21.8. The lowest BCUT2D eigenvalue weighted by atomic mass is 9.68. The van der Waals surface area contributed by atoms with Crippen LogP contribution in [0.2, 0.25) is 0 Å². The monoisotopic (exact) mass is 444 g/mol. The van der Waals surface area contributed by atoms with Crippen LogP contribution in [-0.2, 0) is 5.54 Å². The minimum absolute atomic E-state index is 0.0112. The van der Waals surface area contributed by atoms with E-state index in [2.05, 4.69) is 64.2 Å². The predicted molar refractivity (Wildman–Crippen MR) is 127 cm³/mol. The Balaban J connectivity index is 1.44. The van der Waals surface area contributed by atoms with E-state index in [1.807, 2.05) is 11.0 Å². The molecule has 7 nitrogen and oxygen atoms in total. The van der Waals surface area contributed by atoms with Crippen LogP contribution in [0, 0.1) is 17.2 Å². The number of hydrogen-bond donors (Lipinski definition) is 0. The van der Waals surface area contributed by atoms with E-state index in [1.165, 1.54) is 24.8 Å². The summed E-state index contributed by atoms with van der Waals surface area (Å²) in [5, 5.41) is 9.04. The van der Waals surface area contributed by atoms with Gasteiger partial charge in [0.05, 0.1) is 30.2 Å². The van der Waals surface area contributed by atoms with E-state index < -0.39 is 0 Å². The number of nitriles is 1. The number of amides is 2. The lowest BCUT2D eigenvalue weighted by Crippen LogP contribution is -2.56. The molecule has 0 unspecified atom stereocenters. The lowest BCUT2D eigenvalue weighted by Gasteiger charge is -2.51. The highest BCUT2D eigenvalue weighted by atomic mass is 16.2. The van der Waals surface area contributed by atoms with Gasteiger partial charge in [-0.25, -0.2) is 14.8 Å². The normalized spacial score (nSPS) is 27.8. The molecule has 33 heavy (non-hydrogen) atoms. The topological polar surface area (TPSA) is 76.4 Å². The average Bonchev–Trinajstić information content (AvgIpc) is 3.08. The maximum atomic E-state index is 13.7. The summed E-state index contributed by atoms with van der Waals surface area (Å²) in [5.41, 5.74) is 1.86. The van der Waals surface area contributed by atoms with Crippen molar-refractivity contribution in [3.05, 3.63) is 54.1 Å². The fraction of sp³-hybridized carbons (Fsp3) is 0.538. The van der Waals surface area contributed by atoms with Gasteiger partial charge in [0, 0.05) is 12.1 Å². The van der Waals surface area contributed by atoms with Crippen molar-refractivity contribution in [1.29, 1.82) is 5.26 Å². The van der Waals surface area contributed by atoms with Gasteiger partial charge >= 0.3 is 6.03 Å². The summed E-state index contributed by atoms with van der Waals surface area (Å²) < 4.78 is 0. The molecule has 3 fully saturated rings. The molecule has 1 aromatic carbocycles. The summed E-state index contributed by atoms with van der Waals surface area (Å²) in [6.07, 6.45) is 10.9. The highest BCUT2D eigenvalue weighted by molar-refractivity contribution is 5.95. The number of anilines is 1. The third-order valence-corrected chi connectivity index (χ3v) is 8.38. The number of benzene rings is 1. The molecule has 0 radical (unpaired) electrons. The van der Waals surface area contributed by atoms with Crippen LogP contribution in [0.3, 0.4) is 0 Å². The first-order valence-electron chi connectivity index (χ1n) is 12.0. The zero-order valence-electron chi connectivity index (χ0n) is 19.6. The van der Waals surface area contributed by atoms with Crippen molar-refractivity contribution >= 4 is 11.7 Å². The molecule has 1 saturated heterocycles. The fourth-order valence-corrected chi connectivity index (χ4v) is 6.02.